The molecule has 1 saturated carbocycles. The maximum atomic E-state index is 9.89. The van der Waals surface area contributed by atoms with Crippen molar-refractivity contribution in [1.82, 2.24) is 0 Å². The lowest BCUT2D eigenvalue weighted by atomic mass is 9.74. The van der Waals surface area contributed by atoms with Crippen LogP contribution in [0.5, 0.6) is 0 Å². The topological polar surface area (TPSA) is 60.7 Å². The molecule has 0 saturated heterocycles. The van der Waals surface area contributed by atoms with Crippen LogP contribution in [-0.2, 0) is 0 Å². The largest absolute Gasteiger partial charge is 0.393 e. The Morgan fingerprint density at radius 1 is 1.20 bits per heavy atom. The molecule has 1 fully saturated rings. The fourth-order valence-electron chi connectivity index (χ4n) is 2.64. The zero-order valence-corrected chi connectivity index (χ0v) is 9.18. The predicted octanol–water partition coefficient (Wildman–Crippen LogP) is 1.43. The third-order valence-corrected chi connectivity index (χ3v) is 3.38. The summed E-state index contributed by atoms with van der Waals surface area (Å²) in [4.78, 5) is 0. The van der Waals surface area contributed by atoms with Gasteiger partial charge in [0.2, 0.25) is 0 Å². The van der Waals surface area contributed by atoms with Crippen LogP contribution in [0.25, 0.3) is 0 Å². The Bertz CT molecular complexity index is 191. The summed E-state index contributed by atoms with van der Waals surface area (Å²) >= 11 is 0. The van der Waals surface area contributed by atoms with Gasteiger partial charge in [0, 0.05) is 6.42 Å². The summed E-state index contributed by atoms with van der Waals surface area (Å²) in [5.41, 5.74) is 0. The van der Waals surface area contributed by atoms with E-state index in [0.717, 1.165) is 25.7 Å². The molecular weight excluding hydrogens is 192 g/mol. The Hall–Kier alpha value is -0.380. The Balaban J connectivity index is 2.50. The van der Waals surface area contributed by atoms with Gasteiger partial charge in [0.05, 0.1) is 6.10 Å². The van der Waals surface area contributed by atoms with Crippen LogP contribution in [0.2, 0.25) is 0 Å². The van der Waals surface area contributed by atoms with Crippen LogP contribution in [0.3, 0.4) is 0 Å². The van der Waals surface area contributed by atoms with Crippen LogP contribution in [0.4, 0.5) is 0 Å². The molecule has 0 amide bonds. The molecule has 0 aromatic rings. The van der Waals surface area contributed by atoms with Crippen molar-refractivity contribution in [2.45, 2.75) is 50.9 Å². The Kier molecular flexibility index (Phi) is 5.29. The normalized spacial score (nSPS) is 29.1. The molecule has 1 aliphatic carbocycles. The van der Waals surface area contributed by atoms with E-state index in [0.29, 0.717) is 5.92 Å². The SMILES string of the molecule is C=CCC1CCCCC1C(O)CC(O)O. The Labute approximate surface area is 91.4 Å². The summed E-state index contributed by atoms with van der Waals surface area (Å²) in [5, 5.41) is 27.6. The number of rotatable bonds is 5. The summed E-state index contributed by atoms with van der Waals surface area (Å²) in [6.07, 6.45) is 5.36. The molecule has 88 valence electrons. The molecule has 0 radical (unpaired) electrons. The van der Waals surface area contributed by atoms with E-state index in [9.17, 15) is 5.11 Å². The predicted molar refractivity (Wildman–Crippen MR) is 59.1 cm³/mol. The minimum Gasteiger partial charge on any atom is -0.393 e. The van der Waals surface area contributed by atoms with Crippen molar-refractivity contribution in [2.24, 2.45) is 11.8 Å². The highest BCUT2D eigenvalue weighted by Crippen LogP contribution is 2.35. The Morgan fingerprint density at radius 3 is 2.47 bits per heavy atom. The number of aliphatic hydroxyl groups excluding tert-OH is 2. The number of hydrogen-bond acceptors (Lipinski definition) is 3. The summed E-state index contributed by atoms with van der Waals surface area (Å²) in [5.74, 6) is 0.670. The van der Waals surface area contributed by atoms with Crippen molar-refractivity contribution in [1.29, 1.82) is 0 Å². The maximum Gasteiger partial charge on any atom is 0.153 e. The van der Waals surface area contributed by atoms with E-state index in [4.69, 9.17) is 10.2 Å². The van der Waals surface area contributed by atoms with Gasteiger partial charge < -0.3 is 15.3 Å². The van der Waals surface area contributed by atoms with Crippen molar-refractivity contribution in [3.05, 3.63) is 12.7 Å². The fraction of sp³-hybridized carbons (Fsp3) is 0.833. The molecule has 0 aromatic carbocycles. The third-order valence-electron chi connectivity index (χ3n) is 3.38. The Morgan fingerprint density at radius 2 is 1.87 bits per heavy atom. The van der Waals surface area contributed by atoms with Gasteiger partial charge in [-0.1, -0.05) is 18.9 Å². The quantitative estimate of drug-likeness (QED) is 0.479. The molecule has 0 spiro atoms. The molecule has 3 atom stereocenters. The second kappa shape index (κ2) is 6.26. The van der Waals surface area contributed by atoms with Crippen molar-refractivity contribution < 1.29 is 15.3 Å². The van der Waals surface area contributed by atoms with E-state index in [1.165, 1.54) is 6.42 Å². The van der Waals surface area contributed by atoms with E-state index in [-0.39, 0.29) is 12.3 Å². The molecule has 15 heavy (non-hydrogen) atoms. The second-order valence-electron chi connectivity index (χ2n) is 4.52. The molecule has 3 N–H and O–H groups in total. The monoisotopic (exact) mass is 214 g/mol. The van der Waals surface area contributed by atoms with Crippen molar-refractivity contribution >= 4 is 0 Å². The number of hydrogen-bond donors (Lipinski definition) is 3. The van der Waals surface area contributed by atoms with Gasteiger partial charge in [-0.3, -0.25) is 0 Å². The molecule has 1 rings (SSSR count). The highest BCUT2D eigenvalue weighted by molar-refractivity contribution is 4.85. The highest BCUT2D eigenvalue weighted by atomic mass is 16.5. The molecule has 3 unspecified atom stereocenters. The van der Waals surface area contributed by atoms with Crippen LogP contribution in [-0.4, -0.2) is 27.7 Å². The second-order valence-corrected chi connectivity index (χ2v) is 4.52. The number of allylic oxidation sites excluding steroid dienone is 1. The third kappa shape index (κ3) is 3.93. The lowest BCUT2D eigenvalue weighted by Gasteiger charge is -2.34. The van der Waals surface area contributed by atoms with Crippen LogP contribution in [0, 0.1) is 11.8 Å². The number of aliphatic hydroxyl groups is 3. The first kappa shape index (κ1) is 12.7. The van der Waals surface area contributed by atoms with Crippen LogP contribution < -0.4 is 0 Å². The zero-order valence-electron chi connectivity index (χ0n) is 9.18. The molecule has 0 bridgehead atoms. The molecule has 0 aromatic heterocycles. The first-order valence-electron chi connectivity index (χ1n) is 5.80. The standard InChI is InChI=1S/C12H22O3/c1-2-5-9-6-3-4-7-10(9)11(13)8-12(14)15/h2,9-15H,1,3-8H2. The molecular formula is C12H22O3. The van der Waals surface area contributed by atoms with E-state index in [1.807, 2.05) is 6.08 Å². The van der Waals surface area contributed by atoms with Gasteiger partial charge in [0.15, 0.2) is 6.29 Å². The lowest BCUT2D eigenvalue weighted by Crippen LogP contribution is -2.33. The highest BCUT2D eigenvalue weighted by Gasteiger charge is 2.30. The molecule has 3 nitrogen and oxygen atoms in total. The first-order chi connectivity index (χ1) is 7.15. The first-order valence-corrected chi connectivity index (χ1v) is 5.80. The van der Waals surface area contributed by atoms with Gasteiger partial charge in [-0.25, -0.2) is 0 Å². The van der Waals surface area contributed by atoms with Gasteiger partial charge in [0.1, 0.15) is 0 Å². The summed E-state index contributed by atoms with van der Waals surface area (Å²) < 4.78 is 0. The lowest BCUT2D eigenvalue weighted by molar-refractivity contribution is -0.0871. The summed E-state index contributed by atoms with van der Waals surface area (Å²) in [7, 11) is 0. The van der Waals surface area contributed by atoms with Crippen LogP contribution >= 0.6 is 0 Å². The van der Waals surface area contributed by atoms with Gasteiger partial charge in [0.25, 0.3) is 0 Å². The molecule has 1 aliphatic rings. The van der Waals surface area contributed by atoms with E-state index < -0.39 is 12.4 Å². The van der Waals surface area contributed by atoms with Gasteiger partial charge in [-0.15, -0.1) is 6.58 Å². The van der Waals surface area contributed by atoms with Gasteiger partial charge in [-0.2, -0.15) is 0 Å². The van der Waals surface area contributed by atoms with E-state index in [1.54, 1.807) is 0 Å². The fourth-order valence-corrected chi connectivity index (χ4v) is 2.64. The minimum atomic E-state index is -1.40. The molecule has 0 aliphatic heterocycles. The zero-order chi connectivity index (χ0) is 11.3. The molecule has 0 heterocycles. The summed E-state index contributed by atoms with van der Waals surface area (Å²) in [6.45, 7) is 3.73. The summed E-state index contributed by atoms with van der Waals surface area (Å²) in [6, 6.07) is 0. The van der Waals surface area contributed by atoms with Crippen LogP contribution in [0.15, 0.2) is 12.7 Å². The maximum absolute atomic E-state index is 9.89. The van der Waals surface area contributed by atoms with E-state index >= 15 is 0 Å². The van der Waals surface area contributed by atoms with Crippen molar-refractivity contribution in [3.8, 4) is 0 Å². The average Bonchev–Trinajstić information content (AvgIpc) is 2.18. The van der Waals surface area contributed by atoms with Crippen LogP contribution in [0.1, 0.15) is 38.5 Å². The van der Waals surface area contributed by atoms with E-state index in [2.05, 4.69) is 6.58 Å². The van der Waals surface area contributed by atoms with Crippen molar-refractivity contribution in [3.63, 3.8) is 0 Å². The van der Waals surface area contributed by atoms with Gasteiger partial charge in [-0.05, 0) is 31.1 Å². The average molecular weight is 214 g/mol. The van der Waals surface area contributed by atoms with Gasteiger partial charge >= 0.3 is 0 Å². The smallest absolute Gasteiger partial charge is 0.153 e. The van der Waals surface area contributed by atoms with Crippen molar-refractivity contribution in [2.75, 3.05) is 0 Å². The minimum absolute atomic E-state index is 0.0678. The molecule has 3 heteroatoms.